The minimum atomic E-state index is -4.79. The van der Waals surface area contributed by atoms with Crippen molar-refractivity contribution in [3.63, 3.8) is 0 Å². The van der Waals surface area contributed by atoms with Gasteiger partial charge in [-0.15, -0.1) is 0 Å². The topological polar surface area (TPSA) is 93.8 Å². The number of anilines is 1. The monoisotopic (exact) mass is 451 g/mol. The van der Waals surface area contributed by atoms with Crippen LogP contribution < -0.4 is 11.1 Å². The molecule has 0 bridgehead atoms. The van der Waals surface area contributed by atoms with Crippen molar-refractivity contribution in [2.45, 2.75) is 13.1 Å². The number of rotatable bonds is 6. The van der Waals surface area contributed by atoms with Gasteiger partial charge in [0.05, 0.1) is 11.4 Å². The average Bonchev–Trinajstić information content (AvgIpc) is 2.81. The third kappa shape index (κ3) is 5.70. The standard InChI is InChI=1S/C24H20F3N5O/c1-3-9-16(20-14-21(28)32-23(31-20)24(25,26)27)17(4-2)30-22(33)19-13-8-12-18(29-19)15-10-6-5-7-11-15/h3-14H,2H2,1H3,(H,30,33)(H2,28,31,32)/b9-3-,17-16-. The number of hydrogen-bond donors (Lipinski definition) is 2. The zero-order chi connectivity index (χ0) is 24.0. The quantitative estimate of drug-likeness (QED) is 0.512. The van der Waals surface area contributed by atoms with Gasteiger partial charge < -0.3 is 11.1 Å². The van der Waals surface area contributed by atoms with Crippen LogP contribution in [0, 0.1) is 0 Å². The second-order valence-electron chi connectivity index (χ2n) is 6.76. The summed E-state index contributed by atoms with van der Waals surface area (Å²) in [4.78, 5) is 24.1. The van der Waals surface area contributed by atoms with Gasteiger partial charge in [-0.3, -0.25) is 4.79 Å². The molecule has 0 atom stereocenters. The highest BCUT2D eigenvalue weighted by atomic mass is 19.4. The molecule has 3 N–H and O–H groups in total. The van der Waals surface area contributed by atoms with E-state index in [0.717, 1.165) is 5.56 Å². The van der Waals surface area contributed by atoms with Crippen molar-refractivity contribution in [3.05, 3.63) is 102 Å². The van der Waals surface area contributed by atoms with Gasteiger partial charge in [0, 0.05) is 22.9 Å². The lowest BCUT2D eigenvalue weighted by Gasteiger charge is -2.13. The second-order valence-corrected chi connectivity index (χ2v) is 6.76. The number of nitrogen functional groups attached to an aromatic ring is 1. The van der Waals surface area contributed by atoms with Crippen molar-refractivity contribution < 1.29 is 18.0 Å². The Bertz CT molecular complexity index is 1230. The van der Waals surface area contributed by atoms with Gasteiger partial charge in [0.25, 0.3) is 5.91 Å². The lowest BCUT2D eigenvalue weighted by Crippen LogP contribution is -2.24. The van der Waals surface area contributed by atoms with Gasteiger partial charge in [0.15, 0.2) is 0 Å². The van der Waals surface area contributed by atoms with E-state index < -0.39 is 17.9 Å². The maximum atomic E-state index is 13.2. The molecule has 0 saturated heterocycles. The first kappa shape index (κ1) is 23.4. The Hall–Kier alpha value is -4.27. The van der Waals surface area contributed by atoms with Gasteiger partial charge >= 0.3 is 6.18 Å². The van der Waals surface area contributed by atoms with Crippen LogP contribution in [0.5, 0.6) is 0 Å². The van der Waals surface area contributed by atoms with Crippen LogP contribution in [0.25, 0.3) is 16.8 Å². The van der Waals surface area contributed by atoms with Gasteiger partial charge in [-0.2, -0.15) is 13.2 Å². The van der Waals surface area contributed by atoms with Crippen LogP contribution in [-0.2, 0) is 6.18 Å². The molecule has 6 nitrogen and oxygen atoms in total. The average molecular weight is 451 g/mol. The van der Waals surface area contributed by atoms with E-state index in [1.54, 1.807) is 25.1 Å². The molecule has 0 aliphatic rings. The summed E-state index contributed by atoms with van der Waals surface area (Å²) in [6, 6.07) is 15.5. The fourth-order valence-electron chi connectivity index (χ4n) is 2.96. The minimum absolute atomic E-state index is 0.117. The first-order chi connectivity index (χ1) is 15.7. The molecule has 1 aromatic carbocycles. The summed E-state index contributed by atoms with van der Waals surface area (Å²) in [7, 11) is 0. The molecule has 3 aromatic rings. The summed E-state index contributed by atoms with van der Waals surface area (Å²) >= 11 is 0. The second kappa shape index (κ2) is 9.90. The van der Waals surface area contributed by atoms with E-state index in [4.69, 9.17) is 5.73 Å². The molecule has 0 saturated carbocycles. The number of benzene rings is 1. The molecule has 0 unspecified atom stereocenters. The molecular formula is C24H20F3N5O. The Morgan fingerprint density at radius 3 is 2.39 bits per heavy atom. The van der Waals surface area contributed by atoms with Gasteiger partial charge in [0.1, 0.15) is 11.5 Å². The molecule has 9 heteroatoms. The number of carbonyl (C=O) groups excluding carboxylic acids is 1. The number of amides is 1. The first-order valence-electron chi connectivity index (χ1n) is 9.78. The zero-order valence-electron chi connectivity index (χ0n) is 17.6. The summed E-state index contributed by atoms with van der Waals surface area (Å²) < 4.78 is 39.5. The van der Waals surface area contributed by atoms with E-state index in [2.05, 4.69) is 26.8 Å². The number of nitrogens with two attached hydrogens (primary N) is 1. The third-order valence-electron chi connectivity index (χ3n) is 4.40. The number of halogens is 3. The molecule has 168 valence electrons. The van der Waals surface area contributed by atoms with Crippen molar-refractivity contribution in [2.24, 2.45) is 0 Å². The minimum Gasteiger partial charge on any atom is -0.384 e. The Morgan fingerprint density at radius 2 is 1.76 bits per heavy atom. The van der Waals surface area contributed by atoms with E-state index in [1.807, 2.05) is 30.3 Å². The SMILES string of the molecule is C=C/C(NC(=O)c1cccc(-c2ccccc2)n1)=C(\C=C/C)c1cc(N)nc(C(F)(F)F)n1. The normalized spacial score (nSPS) is 12.4. The Balaban J connectivity index is 2.01. The molecule has 0 aliphatic heterocycles. The summed E-state index contributed by atoms with van der Waals surface area (Å²) in [5, 5.41) is 2.65. The molecule has 0 spiro atoms. The molecule has 3 rings (SSSR count). The number of aromatic nitrogens is 3. The van der Waals surface area contributed by atoms with Crippen LogP contribution in [0.1, 0.15) is 28.9 Å². The highest BCUT2D eigenvalue weighted by Gasteiger charge is 2.35. The maximum Gasteiger partial charge on any atom is 0.451 e. The molecule has 0 fully saturated rings. The lowest BCUT2D eigenvalue weighted by atomic mass is 10.1. The van der Waals surface area contributed by atoms with E-state index >= 15 is 0 Å². The fraction of sp³-hybridized carbons (Fsp3) is 0.0833. The van der Waals surface area contributed by atoms with Crippen molar-refractivity contribution in [1.29, 1.82) is 0 Å². The predicted octanol–water partition coefficient (Wildman–Crippen LogP) is 5.04. The van der Waals surface area contributed by atoms with Crippen molar-refractivity contribution in [2.75, 3.05) is 5.73 Å². The van der Waals surface area contributed by atoms with E-state index in [-0.39, 0.29) is 28.5 Å². The van der Waals surface area contributed by atoms with Crippen LogP contribution in [0.15, 0.2) is 85.1 Å². The fourth-order valence-corrected chi connectivity index (χ4v) is 2.96. The Kier molecular flexibility index (Phi) is 7.02. The molecule has 33 heavy (non-hydrogen) atoms. The van der Waals surface area contributed by atoms with E-state index in [9.17, 15) is 18.0 Å². The molecule has 0 radical (unpaired) electrons. The van der Waals surface area contributed by atoms with E-state index in [1.165, 1.54) is 24.3 Å². The van der Waals surface area contributed by atoms with Gasteiger partial charge in [-0.1, -0.05) is 55.1 Å². The molecule has 1 amide bonds. The number of carbonyl (C=O) groups is 1. The first-order valence-corrected chi connectivity index (χ1v) is 9.78. The van der Waals surface area contributed by atoms with Crippen LogP contribution >= 0.6 is 0 Å². The number of allylic oxidation sites excluding steroid dienone is 4. The Morgan fingerprint density at radius 1 is 1.03 bits per heavy atom. The molecule has 0 aliphatic carbocycles. The number of nitrogens with one attached hydrogen (secondary N) is 1. The third-order valence-corrected chi connectivity index (χ3v) is 4.40. The van der Waals surface area contributed by atoms with Crippen molar-refractivity contribution >= 4 is 17.3 Å². The number of alkyl halides is 3. The molecule has 2 aromatic heterocycles. The van der Waals surface area contributed by atoms with Gasteiger partial charge in [-0.05, 0) is 25.1 Å². The summed E-state index contributed by atoms with van der Waals surface area (Å²) in [6.07, 6.45) is -0.401. The van der Waals surface area contributed by atoms with Crippen molar-refractivity contribution in [3.8, 4) is 11.3 Å². The van der Waals surface area contributed by atoms with Gasteiger partial charge in [0.2, 0.25) is 5.82 Å². The highest BCUT2D eigenvalue weighted by molar-refractivity contribution is 5.96. The highest BCUT2D eigenvalue weighted by Crippen LogP contribution is 2.29. The Labute approximate surface area is 188 Å². The smallest absolute Gasteiger partial charge is 0.384 e. The van der Waals surface area contributed by atoms with Crippen LogP contribution in [0.3, 0.4) is 0 Å². The van der Waals surface area contributed by atoms with E-state index in [0.29, 0.717) is 5.69 Å². The van der Waals surface area contributed by atoms with Crippen molar-refractivity contribution in [1.82, 2.24) is 20.3 Å². The summed E-state index contributed by atoms with van der Waals surface area (Å²) in [5.74, 6) is -2.31. The zero-order valence-corrected chi connectivity index (χ0v) is 17.6. The summed E-state index contributed by atoms with van der Waals surface area (Å²) in [6.45, 7) is 5.34. The molecular weight excluding hydrogens is 431 g/mol. The van der Waals surface area contributed by atoms with Crippen LogP contribution in [-0.4, -0.2) is 20.9 Å². The van der Waals surface area contributed by atoms with Crippen LogP contribution in [0.2, 0.25) is 0 Å². The maximum absolute atomic E-state index is 13.2. The number of nitrogens with zero attached hydrogens (tertiary/aromatic N) is 3. The lowest BCUT2D eigenvalue weighted by molar-refractivity contribution is -0.144. The number of hydrogen-bond acceptors (Lipinski definition) is 5. The van der Waals surface area contributed by atoms with Gasteiger partial charge in [-0.25, -0.2) is 15.0 Å². The largest absolute Gasteiger partial charge is 0.451 e. The van der Waals surface area contributed by atoms with Crippen LogP contribution in [0.4, 0.5) is 19.0 Å². The molecule has 2 heterocycles. The predicted molar refractivity (Wildman–Crippen MR) is 121 cm³/mol. The summed E-state index contributed by atoms with van der Waals surface area (Å²) in [5.41, 5.74) is 7.32. The number of pyridine rings is 1.